The lowest BCUT2D eigenvalue weighted by Gasteiger charge is -2.12. The Morgan fingerprint density at radius 2 is 1.88 bits per heavy atom. The predicted molar refractivity (Wildman–Crippen MR) is 40.7 cm³/mol. The molecule has 16 heavy (non-hydrogen) atoms. The fourth-order valence-electron chi connectivity index (χ4n) is 1.02. The molecule has 0 atom stereocenters. The van der Waals surface area contributed by atoms with Gasteiger partial charge in [0.25, 0.3) is 12.3 Å². The molecule has 8 heteroatoms. The molecule has 0 aliphatic carbocycles. The Kier molecular flexibility index (Phi) is 3.30. The van der Waals surface area contributed by atoms with E-state index < -0.39 is 35.6 Å². The molecule has 0 spiro atoms. The van der Waals surface area contributed by atoms with Gasteiger partial charge in [0.1, 0.15) is 0 Å². The van der Waals surface area contributed by atoms with Gasteiger partial charge in [0.05, 0.1) is 12.7 Å². The molecular weight excluding hydrogens is 240 g/mol. The first-order chi connectivity index (χ1) is 7.27. The second kappa shape index (κ2) is 4.18. The van der Waals surface area contributed by atoms with E-state index in [2.05, 4.69) is 9.72 Å². The minimum absolute atomic E-state index is 0.0688. The molecule has 0 aromatic carbocycles. The van der Waals surface area contributed by atoms with Gasteiger partial charge in [-0.1, -0.05) is 0 Å². The van der Waals surface area contributed by atoms with Crippen LogP contribution in [0.1, 0.15) is 17.7 Å². The van der Waals surface area contributed by atoms with E-state index in [4.69, 9.17) is 0 Å². The Bertz CT molecular complexity index is 389. The first kappa shape index (κ1) is 12.6. The fraction of sp³-hybridized carbons (Fsp3) is 0.375. The van der Waals surface area contributed by atoms with Crippen molar-refractivity contribution in [2.24, 2.45) is 0 Å². The second-order valence-corrected chi connectivity index (χ2v) is 2.72. The largest absolute Gasteiger partial charge is 0.479 e. The zero-order valence-electron chi connectivity index (χ0n) is 7.78. The molecule has 2 nitrogen and oxygen atoms in total. The summed E-state index contributed by atoms with van der Waals surface area (Å²) < 4.78 is 78.4. The Morgan fingerprint density at radius 1 is 1.31 bits per heavy atom. The summed E-state index contributed by atoms with van der Waals surface area (Å²) in [6.07, 6.45) is -8.56. The van der Waals surface area contributed by atoms with Gasteiger partial charge in [0.15, 0.2) is 11.5 Å². The van der Waals surface area contributed by atoms with Crippen molar-refractivity contribution in [3.8, 4) is 5.88 Å². The second-order valence-electron chi connectivity index (χ2n) is 2.72. The van der Waals surface area contributed by atoms with Crippen LogP contribution in [-0.2, 0) is 6.18 Å². The van der Waals surface area contributed by atoms with Crippen LogP contribution in [0, 0.1) is 5.82 Å². The van der Waals surface area contributed by atoms with Crippen LogP contribution in [0.25, 0.3) is 0 Å². The molecule has 0 saturated heterocycles. The van der Waals surface area contributed by atoms with Crippen molar-refractivity contribution < 1.29 is 31.1 Å². The van der Waals surface area contributed by atoms with Gasteiger partial charge in [-0.25, -0.2) is 18.2 Å². The van der Waals surface area contributed by atoms with Crippen LogP contribution in [-0.4, -0.2) is 12.1 Å². The number of rotatable bonds is 2. The monoisotopic (exact) mass is 245 g/mol. The summed E-state index contributed by atoms with van der Waals surface area (Å²) in [6.45, 7) is 0. The van der Waals surface area contributed by atoms with Gasteiger partial charge in [-0.15, -0.1) is 0 Å². The smallest absolute Gasteiger partial charge is 0.433 e. The Hall–Kier alpha value is -1.47. The van der Waals surface area contributed by atoms with E-state index in [1.165, 1.54) is 0 Å². The zero-order chi connectivity index (χ0) is 12.5. The quantitative estimate of drug-likeness (QED) is 0.746. The lowest BCUT2D eigenvalue weighted by Crippen LogP contribution is -2.14. The van der Waals surface area contributed by atoms with E-state index in [0.29, 0.717) is 0 Å². The maximum atomic E-state index is 12.9. The molecule has 0 saturated carbocycles. The molecule has 0 aliphatic heterocycles. The molecule has 0 amide bonds. The van der Waals surface area contributed by atoms with Crippen LogP contribution < -0.4 is 4.74 Å². The van der Waals surface area contributed by atoms with Crippen molar-refractivity contribution in [1.29, 1.82) is 0 Å². The summed E-state index contributed by atoms with van der Waals surface area (Å²) in [4.78, 5) is 2.68. The normalized spacial score (nSPS) is 12.0. The molecule has 0 N–H and O–H groups in total. The zero-order valence-corrected chi connectivity index (χ0v) is 7.78. The average Bonchev–Trinajstić information content (AvgIpc) is 2.15. The molecule has 0 aliphatic rings. The molecule has 1 aromatic rings. The number of pyridine rings is 1. The van der Waals surface area contributed by atoms with Crippen molar-refractivity contribution >= 4 is 0 Å². The molecule has 1 aromatic heterocycles. The summed E-state index contributed by atoms with van der Waals surface area (Å²) in [5, 5.41) is 0. The number of hydrogen-bond acceptors (Lipinski definition) is 2. The summed E-state index contributed by atoms with van der Waals surface area (Å²) in [7, 11) is 0.883. The average molecular weight is 245 g/mol. The first-order valence-corrected chi connectivity index (χ1v) is 3.87. The summed E-state index contributed by atoms with van der Waals surface area (Å²) in [5.41, 5.74) is -3.36. The standard InChI is InChI=1S/C8H5F6NO/c1-16-7-4(9)2-3(6(10)11)5(15-7)8(12,13)14/h2,6H,1H3. The first-order valence-electron chi connectivity index (χ1n) is 3.87. The van der Waals surface area contributed by atoms with Crippen LogP contribution in [0.15, 0.2) is 6.07 Å². The SMILES string of the molecule is COc1nc(C(F)(F)F)c(C(F)F)cc1F. The van der Waals surface area contributed by atoms with Crippen molar-refractivity contribution in [2.45, 2.75) is 12.6 Å². The number of alkyl halides is 5. The number of hydrogen-bond donors (Lipinski definition) is 0. The van der Waals surface area contributed by atoms with Gasteiger partial charge in [-0.3, -0.25) is 0 Å². The molecule has 1 rings (SSSR count). The highest BCUT2D eigenvalue weighted by atomic mass is 19.4. The van der Waals surface area contributed by atoms with Crippen LogP contribution >= 0.6 is 0 Å². The number of nitrogens with zero attached hydrogens (tertiary/aromatic N) is 1. The Balaban J connectivity index is 3.43. The minimum Gasteiger partial charge on any atom is -0.479 e. The summed E-state index contributed by atoms with van der Waals surface area (Å²) >= 11 is 0. The van der Waals surface area contributed by atoms with Crippen LogP contribution in [0.4, 0.5) is 26.3 Å². The highest BCUT2D eigenvalue weighted by Crippen LogP contribution is 2.36. The van der Waals surface area contributed by atoms with Crippen molar-refractivity contribution in [2.75, 3.05) is 7.11 Å². The topological polar surface area (TPSA) is 22.1 Å². The predicted octanol–water partition coefficient (Wildman–Crippen LogP) is 3.19. The molecule has 0 radical (unpaired) electrons. The van der Waals surface area contributed by atoms with Gasteiger partial charge >= 0.3 is 6.18 Å². The number of halogens is 6. The van der Waals surface area contributed by atoms with Gasteiger partial charge in [-0.05, 0) is 6.07 Å². The maximum absolute atomic E-state index is 12.9. The number of ether oxygens (including phenoxy) is 1. The van der Waals surface area contributed by atoms with Crippen molar-refractivity contribution in [3.05, 3.63) is 23.1 Å². The van der Waals surface area contributed by atoms with E-state index in [-0.39, 0.29) is 6.07 Å². The van der Waals surface area contributed by atoms with E-state index in [1.54, 1.807) is 0 Å². The molecule has 90 valence electrons. The minimum atomic E-state index is -5.09. The van der Waals surface area contributed by atoms with Crippen LogP contribution in [0.5, 0.6) is 5.88 Å². The lowest BCUT2D eigenvalue weighted by molar-refractivity contribution is -0.143. The van der Waals surface area contributed by atoms with Crippen LogP contribution in [0.3, 0.4) is 0 Å². The number of aromatic nitrogens is 1. The van der Waals surface area contributed by atoms with E-state index in [0.717, 1.165) is 7.11 Å². The number of methoxy groups -OCH3 is 1. The van der Waals surface area contributed by atoms with E-state index in [9.17, 15) is 26.3 Å². The molecule has 0 unspecified atom stereocenters. The van der Waals surface area contributed by atoms with E-state index >= 15 is 0 Å². The van der Waals surface area contributed by atoms with Gasteiger partial charge in [-0.2, -0.15) is 13.2 Å². The Morgan fingerprint density at radius 3 is 2.25 bits per heavy atom. The lowest BCUT2D eigenvalue weighted by atomic mass is 10.2. The molecule has 0 fully saturated rings. The van der Waals surface area contributed by atoms with Gasteiger partial charge in [0, 0.05) is 0 Å². The Labute approximate surface area is 85.9 Å². The van der Waals surface area contributed by atoms with E-state index in [1.807, 2.05) is 0 Å². The summed E-state index contributed by atoms with van der Waals surface area (Å²) in [5.74, 6) is -2.34. The molecule has 1 heterocycles. The molecular formula is C8H5F6NO. The van der Waals surface area contributed by atoms with Crippen molar-refractivity contribution in [1.82, 2.24) is 4.98 Å². The van der Waals surface area contributed by atoms with Gasteiger partial charge < -0.3 is 4.74 Å². The maximum Gasteiger partial charge on any atom is 0.433 e. The highest BCUT2D eigenvalue weighted by molar-refractivity contribution is 5.30. The van der Waals surface area contributed by atoms with Crippen LogP contribution in [0.2, 0.25) is 0 Å². The highest BCUT2D eigenvalue weighted by Gasteiger charge is 2.39. The summed E-state index contributed by atoms with van der Waals surface area (Å²) in [6, 6.07) is 0.0688. The fourth-order valence-corrected chi connectivity index (χ4v) is 1.02. The van der Waals surface area contributed by atoms with Crippen molar-refractivity contribution in [3.63, 3.8) is 0 Å². The van der Waals surface area contributed by atoms with Gasteiger partial charge in [0.2, 0.25) is 0 Å². The third-order valence-electron chi connectivity index (χ3n) is 1.67. The molecule has 0 bridgehead atoms. The third-order valence-corrected chi connectivity index (χ3v) is 1.67. The third kappa shape index (κ3) is 2.37.